The zero-order valence-electron chi connectivity index (χ0n) is 13.1. The molecule has 4 nitrogen and oxygen atoms in total. The van der Waals surface area contributed by atoms with Crippen molar-refractivity contribution < 1.29 is 9.59 Å². The van der Waals surface area contributed by atoms with Crippen LogP contribution in [-0.2, 0) is 17.9 Å². The summed E-state index contributed by atoms with van der Waals surface area (Å²) in [5.41, 5.74) is 5.38. The Balaban J connectivity index is 1.94. The number of ketones is 1. The van der Waals surface area contributed by atoms with E-state index >= 15 is 0 Å². The Bertz CT molecular complexity index is 990. The number of rotatable bonds is 3. The van der Waals surface area contributed by atoms with Crippen LogP contribution < -0.4 is 0 Å². The molecule has 1 aromatic carbocycles. The van der Waals surface area contributed by atoms with E-state index in [4.69, 9.17) is 11.6 Å². The number of Topliss-reactive ketones (excluding diaryl/α,β-unsaturated/α-hetero) is 1. The van der Waals surface area contributed by atoms with Crippen LogP contribution in [0.25, 0.3) is 16.6 Å². The number of fused-ring (bicyclic) bond motifs is 2. The lowest BCUT2D eigenvalue weighted by atomic mass is 9.99. The van der Waals surface area contributed by atoms with Crippen molar-refractivity contribution in [1.82, 2.24) is 9.30 Å². The summed E-state index contributed by atoms with van der Waals surface area (Å²) in [5.74, 6) is -0.685. The van der Waals surface area contributed by atoms with Gasteiger partial charge in [0.05, 0.1) is 0 Å². The predicted molar refractivity (Wildman–Crippen MR) is 93.2 cm³/mol. The van der Waals surface area contributed by atoms with E-state index in [9.17, 15) is 9.59 Å². The minimum Gasteiger partial charge on any atom is -0.313 e. The number of carbonyl (C=O) groups is 2. The van der Waals surface area contributed by atoms with Crippen molar-refractivity contribution in [3.05, 3.63) is 65.5 Å². The molecule has 0 spiro atoms. The molecule has 5 heteroatoms. The zero-order valence-corrected chi connectivity index (χ0v) is 13.9. The molecular formula is C19H15ClN2O2. The lowest BCUT2D eigenvalue weighted by Gasteiger charge is -2.06. The molecule has 0 radical (unpaired) electrons. The van der Waals surface area contributed by atoms with Crippen LogP contribution in [0.1, 0.15) is 21.6 Å². The fraction of sp³-hybridized carbons (Fsp3) is 0.158. The first-order valence-corrected chi connectivity index (χ1v) is 8.07. The van der Waals surface area contributed by atoms with Gasteiger partial charge in [0.2, 0.25) is 0 Å². The number of pyridine rings is 1. The van der Waals surface area contributed by atoms with Crippen LogP contribution in [0.3, 0.4) is 0 Å². The summed E-state index contributed by atoms with van der Waals surface area (Å²) in [7, 11) is 2.08. The fourth-order valence-corrected chi connectivity index (χ4v) is 3.49. The molecule has 3 heterocycles. The largest absolute Gasteiger partial charge is 0.313 e. The van der Waals surface area contributed by atoms with Gasteiger partial charge in [0.25, 0.3) is 11.0 Å². The van der Waals surface area contributed by atoms with E-state index in [1.165, 1.54) is 11.1 Å². The standard InChI is InChI=1S/C19H15ClN2O2/c1-21-10-13-6-5-12(8-14(13)11-21)16-9-15-4-2-3-7-22(15)17(16)18(23)19(20)24/h2-9H,10-11H2,1H3. The van der Waals surface area contributed by atoms with Crippen LogP contribution >= 0.6 is 11.6 Å². The molecule has 3 aromatic rings. The fourth-order valence-electron chi connectivity index (χ4n) is 3.40. The Kier molecular flexibility index (Phi) is 3.52. The molecule has 0 aliphatic carbocycles. The highest BCUT2D eigenvalue weighted by Gasteiger charge is 2.24. The number of benzene rings is 1. The van der Waals surface area contributed by atoms with Crippen LogP contribution in [0.5, 0.6) is 0 Å². The first kappa shape index (κ1) is 15.1. The van der Waals surface area contributed by atoms with E-state index in [0.717, 1.165) is 29.7 Å². The van der Waals surface area contributed by atoms with Gasteiger partial charge in [-0.1, -0.05) is 18.2 Å². The van der Waals surface area contributed by atoms with Crippen molar-refractivity contribution in [2.75, 3.05) is 7.05 Å². The summed E-state index contributed by atoms with van der Waals surface area (Å²) < 4.78 is 1.72. The predicted octanol–water partition coefficient (Wildman–Crippen LogP) is 3.50. The van der Waals surface area contributed by atoms with Crippen LogP contribution in [-0.4, -0.2) is 27.4 Å². The van der Waals surface area contributed by atoms with Gasteiger partial charge < -0.3 is 4.40 Å². The third kappa shape index (κ3) is 2.35. The average molecular weight is 339 g/mol. The smallest absolute Gasteiger partial charge is 0.294 e. The van der Waals surface area contributed by atoms with Gasteiger partial charge in [-0.3, -0.25) is 14.5 Å². The molecule has 0 atom stereocenters. The second-order valence-corrected chi connectivity index (χ2v) is 6.50. The maximum Gasteiger partial charge on any atom is 0.294 e. The summed E-state index contributed by atoms with van der Waals surface area (Å²) in [6.07, 6.45) is 1.77. The van der Waals surface area contributed by atoms with E-state index in [2.05, 4.69) is 24.1 Å². The molecular weight excluding hydrogens is 324 g/mol. The minimum absolute atomic E-state index is 0.317. The number of halogens is 1. The lowest BCUT2D eigenvalue weighted by Crippen LogP contribution is -2.11. The topological polar surface area (TPSA) is 41.8 Å². The molecule has 120 valence electrons. The molecule has 1 aliphatic heterocycles. The number of aromatic nitrogens is 1. The Morgan fingerprint density at radius 2 is 1.83 bits per heavy atom. The van der Waals surface area contributed by atoms with Gasteiger partial charge in [-0.2, -0.15) is 0 Å². The van der Waals surface area contributed by atoms with E-state index in [1.54, 1.807) is 10.6 Å². The van der Waals surface area contributed by atoms with Crippen molar-refractivity contribution in [2.45, 2.75) is 13.1 Å². The van der Waals surface area contributed by atoms with Gasteiger partial charge in [-0.05, 0) is 59.6 Å². The number of carbonyl (C=O) groups excluding carboxylic acids is 2. The Hall–Kier alpha value is -2.43. The molecule has 24 heavy (non-hydrogen) atoms. The summed E-state index contributed by atoms with van der Waals surface area (Å²) >= 11 is 5.48. The third-order valence-electron chi connectivity index (χ3n) is 4.47. The highest BCUT2D eigenvalue weighted by molar-refractivity contribution is 6.83. The van der Waals surface area contributed by atoms with Crippen molar-refractivity contribution in [1.29, 1.82) is 0 Å². The summed E-state index contributed by atoms with van der Waals surface area (Å²) in [4.78, 5) is 26.1. The minimum atomic E-state index is -0.971. The highest BCUT2D eigenvalue weighted by Crippen LogP contribution is 2.32. The Morgan fingerprint density at radius 3 is 2.62 bits per heavy atom. The summed E-state index contributed by atoms with van der Waals surface area (Å²) in [5, 5.41) is -0.971. The first-order valence-electron chi connectivity index (χ1n) is 7.69. The molecule has 1 aliphatic rings. The summed E-state index contributed by atoms with van der Waals surface area (Å²) in [6.45, 7) is 1.81. The molecule has 0 fully saturated rings. The summed E-state index contributed by atoms with van der Waals surface area (Å²) in [6, 6.07) is 13.7. The Labute approximate surface area is 144 Å². The maximum atomic E-state index is 12.4. The van der Waals surface area contributed by atoms with Crippen LogP contribution in [0.2, 0.25) is 0 Å². The first-order chi connectivity index (χ1) is 11.5. The second kappa shape index (κ2) is 5.58. The average Bonchev–Trinajstić information content (AvgIpc) is 3.12. The third-order valence-corrected chi connectivity index (χ3v) is 4.64. The second-order valence-electron chi connectivity index (χ2n) is 6.16. The van der Waals surface area contributed by atoms with Gasteiger partial charge >= 0.3 is 0 Å². The van der Waals surface area contributed by atoms with Gasteiger partial charge in [-0.25, -0.2) is 0 Å². The van der Waals surface area contributed by atoms with Gasteiger partial charge in [0.1, 0.15) is 5.69 Å². The molecule has 0 saturated carbocycles. The van der Waals surface area contributed by atoms with E-state index < -0.39 is 11.0 Å². The van der Waals surface area contributed by atoms with E-state index in [1.807, 2.05) is 30.3 Å². The van der Waals surface area contributed by atoms with Crippen molar-refractivity contribution in [3.63, 3.8) is 0 Å². The zero-order chi connectivity index (χ0) is 16.8. The van der Waals surface area contributed by atoms with Crippen LogP contribution in [0, 0.1) is 0 Å². The van der Waals surface area contributed by atoms with Gasteiger partial charge in [0.15, 0.2) is 0 Å². The molecule has 0 N–H and O–H groups in total. The maximum absolute atomic E-state index is 12.4. The van der Waals surface area contributed by atoms with Gasteiger partial charge in [-0.15, -0.1) is 0 Å². The van der Waals surface area contributed by atoms with Gasteiger partial charge in [0, 0.05) is 30.4 Å². The number of hydrogen-bond donors (Lipinski definition) is 0. The van der Waals surface area contributed by atoms with Crippen LogP contribution in [0.4, 0.5) is 0 Å². The van der Waals surface area contributed by atoms with Crippen LogP contribution in [0.15, 0.2) is 48.7 Å². The molecule has 4 rings (SSSR count). The molecule has 2 aromatic heterocycles. The quantitative estimate of drug-likeness (QED) is 0.417. The van der Waals surface area contributed by atoms with Crippen molar-refractivity contribution in [3.8, 4) is 11.1 Å². The molecule has 0 unspecified atom stereocenters. The number of nitrogens with zero attached hydrogens (tertiary/aromatic N) is 2. The van der Waals surface area contributed by atoms with Crippen molar-refractivity contribution in [2.24, 2.45) is 0 Å². The molecule has 0 amide bonds. The lowest BCUT2D eigenvalue weighted by molar-refractivity contribution is -0.108. The van der Waals surface area contributed by atoms with E-state index in [-0.39, 0.29) is 0 Å². The molecule has 0 bridgehead atoms. The number of hydrogen-bond acceptors (Lipinski definition) is 3. The Morgan fingerprint density at radius 1 is 1.04 bits per heavy atom. The normalized spacial score (nSPS) is 14.1. The van der Waals surface area contributed by atoms with Crippen molar-refractivity contribution >= 4 is 28.1 Å². The monoisotopic (exact) mass is 338 g/mol. The highest BCUT2D eigenvalue weighted by atomic mass is 35.5. The molecule has 0 saturated heterocycles. The SMILES string of the molecule is CN1Cc2ccc(-c3cc4ccccn4c3C(=O)C(=O)Cl)cc2C1. The van der Waals surface area contributed by atoms with E-state index in [0.29, 0.717) is 5.69 Å².